The van der Waals surface area contributed by atoms with Crippen LogP contribution in [0.2, 0.25) is 0 Å². The molecule has 0 aliphatic heterocycles. The summed E-state index contributed by atoms with van der Waals surface area (Å²) in [5.41, 5.74) is 7.85. The van der Waals surface area contributed by atoms with Crippen molar-refractivity contribution < 1.29 is 25.8 Å². The van der Waals surface area contributed by atoms with Crippen molar-refractivity contribution in [3.63, 3.8) is 0 Å². The third-order valence-corrected chi connectivity index (χ3v) is 8.09. The average molecular weight is 732 g/mol. The van der Waals surface area contributed by atoms with Crippen LogP contribution in [0.5, 0.6) is 11.5 Å². The van der Waals surface area contributed by atoms with Crippen LogP contribution in [0.3, 0.4) is 0 Å². The minimum absolute atomic E-state index is 0. The number of fused-ring (bicyclic) bond motifs is 4. The molecule has 7 aromatic rings. The number of rotatable bonds is 5. The van der Waals surface area contributed by atoms with Gasteiger partial charge in [0, 0.05) is 23.9 Å². The summed E-state index contributed by atoms with van der Waals surface area (Å²) in [4.78, 5) is 9.59. The molecular formula is C39H24N2OPt. The topological polar surface area (TPSA) is 35.0 Å². The molecule has 2 aromatic heterocycles. The molecular weight excluding hydrogens is 708 g/mol. The van der Waals surface area contributed by atoms with Crippen molar-refractivity contribution in [3.8, 4) is 33.9 Å². The monoisotopic (exact) mass is 731 g/mol. The van der Waals surface area contributed by atoms with Crippen molar-refractivity contribution >= 4 is 10.8 Å². The molecule has 43 heavy (non-hydrogen) atoms. The van der Waals surface area contributed by atoms with Crippen molar-refractivity contribution in [1.29, 1.82) is 0 Å². The van der Waals surface area contributed by atoms with Crippen LogP contribution in [0.25, 0.3) is 33.2 Å². The third-order valence-electron chi connectivity index (χ3n) is 8.09. The third kappa shape index (κ3) is 4.40. The molecule has 1 aliphatic carbocycles. The average Bonchev–Trinajstić information content (AvgIpc) is 3.36. The Morgan fingerprint density at radius 1 is 0.535 bits per heavy atom. The van der Waals surface area contributed by atoms with E-state index in [4.69, 9.17) is 9.72 Å². The van der Waals surface area contributed by atoms with E-state index >= 15 is 0 Å². The van der Waals surface area contributed by atoms with E-state index in [1.807, 2.05) is 67.0 Å². The molecule has 5 aromatic carbocycles. The maximum Gasteiger partial charge on any atom is 2.00 e. The molecule has 8 rings (SSSR count). The fraction of sp³-hybridized carbons (Fsp3) is 0.0256. The first kappa shape index (κ1) is 27.0. The van der Waals surface area contributed by atoms with Gasteiger partial charge in [-0.15, -0.1) is 41.5 Å². The molecule has 0 unspecified atom stereocenters. The van der Waals surface area contributed by atoms with E-state index < -0.39 is 5.41 Å². The van der Waals surface area contributed by atoms with Gasteiger partial charge in [0.25, 0.3) is 0 Å². The largest absolute Gasteiger partial charge is 2.00 e. The Labute approximate surface area is 265 Å². The summed E-state index contributed by atoms with van der Waals surface area (Å²) in [7, 11) is 0. The summed E-state index contributed by atoms with van der Waals surface area (Å²) in [6, 6.07) is 52.7. The number of aromatic nitrogens is 2. The van der Waals surface area contributed by atoms with E-state index in [9.17, 15) is 0 Å². The van der Waals surface area contributed by atoms with Gasteiger partial charge in [0.05, 0.1) is 11.1 Å². The van der Waals surface area contributed by atoms with Gasteiger partial charge < -0.3 is 9.72 Å². The normalized spacial score (nSPS) is 12.7. The first-order valence-corrected chi connectivity index (χ1v) is 14.0. The van der Waals surface area contributed by atoms with Crippen LogP contribution < -0.4 is 4.74 Å². The van der Waals surface area contributed by atoms with E-state index in [-0.39, 0.29) is 21.1 Å². The number of pyridine rings is 2. The molecule has 0 amide bonds. The molecule has 0 spiro atoms. The summed E-state index contributed by atoms with van der Waals surface area (Å²) < 4.78 is 6.45. The van der Waals surface area contributed by atoms with Gasteiger partial charge in [-0.3, -0.25) is 4.98 Å². The van der Waals surface area contributed by atoms with Crippen LogP contribution in [0.4, 0.5) is 0 Å². The zero-order valence-electron chi connectivity index (χ0n) is 23.0. The Bertz CT molecular complexity index is 2040. The minimum Gasteiger partial charge on any atom is -0.503 e. The van der Waals surface area contributed by atoms with Gasteiger partial charge >= 0.3 is 21.1 Å². The fourth-order valence-corrected chi connectivity index (χ4v) is 6.35. The first-order valence-electron chi connectivity index (χ1n) is 14.0. The summed E-state index contributed by atoms with van der Waals surface area (Å²) in [5, 5.41) is 2.22. The molecule has 3 nitrogen and oxygen atoms in total. The molecule has 0 radical (unpaired) electrons. The summed E-state index contributed by atoms with van der Waals surface area (Å²) in [6.45, 7) is 0. The van der Waals surface area contributed by atoms with Gasteiger partial charge in [-0.05, 0) is 56.9 Å². The van der Waals surface area contributed by atoms with Crippen molar-refractivity contribution in [2.24, 2.45) is 0 Å². The van der Waals surface area contributed by atoms with E-state index in [2.05, 4.69) is 96.0 Å². The maximum atomic E-state index is 6.45. The number of ether oxygens (including phenoxy) is 1. The minimum atomic E-state index is -0.633. The van der Waals surface area contributed by atoms with Gasteiger partial charge in [0.15, 0.2) is 0 Å². The zero-order valence-corrected chi connectivity index (χ0v) is 25.2. The predicted octanol–water partition coefficient (Wildman–Crippen LogP) is 9.05. The van der Waals surface area contributed by atoms with Crippen LogP contribution in [0.15, 0.2) is 146 Å². The molecule has 4 heteroatoms. The first-order chi connectivity index (χ1) is 20.8. The number of hydrogen-bond acceptors (Lipinski definition) is 3. The number of nitrogens with zero attached hydrogens (tertiary/aromatic N) is 2. The second-order valence-electron chi connectivity index (χ2n) is 10.4. The van der Waals surface area contributed by atoms with Crippen LogP contribution in [-0.2, 0) is 26.5 Å². The molecule has 2 heterocycles. The fourth-order valence-electron chi connectivity index (χ4n) is 6.35. The Morgan fingerprint density at radius 2 is 1.21 bits per heavy atom. The van der Waals surface area contributed by atoms with Crippen LogP contribution >= 0.6 is 0 Å². The smallest absolute Gasteiger partial charge is 0.503 e. The van der Waals surface area contributed by atoms with Crippen molar-refractivity contribution in [1.82, 2.24) is 9.97 Å². The molecule has 0 N–H and O–H groups in total. The molecule has 0 fully saturated rings. The van der Waals surface area contributed by atoms with Crippen molar-refractivity contribution in [2.45, 2.75) is 5.41 Å². The molecule has 0 saturated carbocycles. The SMILES string of the molecule is [Pt+2].[c-]1c(Oc2[c-]c(C3(c4ccccn4)c4ccccc4-c4ccccc43)ccc2)cccc1-c1nccc2ccccc12. The van der Waals surface area contributed by atoms with Gasteiger partial charge in [-0.1, -0.05) is 84.9 Å². The molecule has 0 saturated heterocycles. The molecule has 0 bridgehead atoms. The van der Waals surface area contributed by atoms with E-state index in [0.29, 0.717) is 11.5 Å². The molecule has 206 valence electrons. The zero-order chi connectivity index (χ0) is 27.9. The standard InChI is InChI=1S/C39H24N2O.Pt/c1-2-16-32-27(11-1)22-24-41-38(32)28-12-9-14-30(25-28)42-31-15-10-13-29(26-31)39(37-21-7-8-23-40-37)35-19-5-3-17-33(35)34-18-4-6-20-36(34)39;/h1-24H;/q-2;+2. The van der Waals surface area contributed by atoms with Crippen LogP contribution in [0, 0.1) is 12.1 Å². The molecule has 0 atom stereocenters. The number of hydrogen-bond donors (Lipinski definition) is 0. The van der Waals surface area contributed by atoms with Crippen molar-refractivity contribution in [2.75, 3.05) is 0 Å². The Balaban J connectivity index is 0.00000300. The van der Waals surface area contributed by atoms with Gasteiger partial charge in [0.2, 0.25) is 0 Å². The van der Waals surface area contributed by atoms with E-state index in [1.165, 1.54) is 22.3 Å². The molecule has 1 aliphatic rings. The van der Waals surface area contributed by atoms with Gasteiger partial charge in [0.1, 0.15) is 0 Å². The summed E-state index contributed by atoms with van der Waals surface area (Å²) in [5.74, 6) is 1.22. The maximum absolute atomic E-state index is 6.45. The Kier molecular flexibility index (Phi) is 6.97. The van der Waals surface area contributed by atoms with E-state index in [0.717, 1.165) is 33.3 Å². The quantitative estimate of drug-likeness (QED) is 0.166. The predicted molar refractivity (Wildman–Crippen MR) is 166 cm³/mol. The van der Waals surface area contributed by atoms with Gasteiger partial charge in [-0.2, -0.15) is 12.1 Å². The van der Waals surface area contributed by atoms with Gasteiger partial charge in [-0.25, -0.2) is 0 Å². The van der Waals surface area contributed by atoms with Crippen LogP contribution in [-0.4, -0.2) is 9.97 Å². The van der Waals surface area contributed by atoms with Crippen molar-refractivity contribution in [3.05, 3.63) is 180 Å². The van der Waals surface area contributed by atoms with Crippen LogP contribution in [0.1, 0.15) is 22.4 Å². The summed E-state index contributed by atoms with van der Waals surface area (Å²) in [6.07, 6.45) is 3.70. The Hall–Kier alpha value is -4.85. The van der Waals surface area contributed by atoms with E-state index in [1.54, 1.807) is 0 Å². The summed E-state index contributed by atoms with van der Waals surface area (Å²) >= 11 is 0. The second kappa shape index (κ2) is 11.1. The second-order valence-corrected chi connectivity index (χ2v) is 10.4. The number of benzene rings is 5. The Morgan fingerprint density at radius 3 is 1.98 bits per heavy atom.